The van der Waals surface area contributed by atoms with Gasteiger partial charge in [0.15, 0.2) is 11.5 Å². The van der Waals surface area contributed by atoms with Gasteiger partial charge in [-0.2, -0.15) is 0 Å². The van der Waals surface area contributed by atoms with Crippen molar-refractivity contribution in [2.45, 2.75) is 46.1 Å². The molecular weight excluding hydrogens is 358 g/mol. The number of Topliss-reactive ketones (excluding diaryl/α,β-unsaturated/α-hetero) is 1. The summed E-state index contributed by atoms with van der Waals surface area (Å²) in [6.07, 6.45) is 0.300. The molecule has 1 aromatic carbocycles. The lowest BCUT2D eigenvalue weighted by molar-refractivity contribution is -0.118. The molecule has 142 valence electrons. The number of aliphatic hydroxyl groups is 1. The van der Waals surface area contributed by atoms with Gasteiger partial charge < -0.3 is 5.11 Å². The van der Waals surface area contributed by atoms with E-state index in [-0.39, 0.29) is 17.3 Å². The fraction of sp³-hybridized carbons (Fsp3) is 0.364. The van der Waals surface area contributed by atoms with Gasteiger partial charge in [0.05, 0.1) is 5.57 Å². The van der Waals surface area contributed by atoms with Crippen LogP contribution in [0.2, 0.25) is 0 Å². The van der Waals surface area contributed by atoms with Crippen molar-refractivity contribution < 1.29 is 14.7 Å². The second-order valence-corrected chi connectivity index (χ2v) is 8.60. The first-order valence-electron chi connectivity index (χ1n) is 9.24. The van der Waals surface area contributed by atoms with E-state index in [4.69, 9.17) is 0 Å². The molecule has 1 aromatic heterocycles. The van der Waals surface area contributed by atoms with Crippen molar-refractivity contribution in [2.75, 3.05) is 4.90 Å². The van der Waals surface area contributed by atoms with E-state index in [0.29, 0.717) is 18.0 Å². The number of carbonyl (C=O) groups excluding carboxylic acids is 2. The average Bonchev–Trinajstić information content (AvgIpc) is 3.22. The number of amides is 1. The summed E-state index contributed by atoms with van der Waals surface area (Å²) < 4.78 is 0. The van der Waals surface area contributed by atoms with Crippen molar-refractivity contribution in [3.63, 3.8) is 0 Å². The summed E-state index contributed by atoms with van der Waals surface area (Å²) in [5, 5.41) is 12.5. The molecule has 5 heteroatoms. The summed E-state index contributed by atoms with van der Waals surface area (Å²) in [4.78, 5) is 28.2. The monoisotopic (exact) mass is 383 g/mol. The second-order valence-electron chi connectivity index (χ2n) is 7.62. The molecule has 1 aliphatic heterocycles. The molecule has 0 aliphatic carbocycles. The topological polar surface area (TPSA) is 57.6 Å². The van der Waals surface area contributed by atoms with Crippen LogP contribution in [0, 0.1) is 5.92 Å². The quantitative estimate of drug-likeness (QED) is 0.728. The minimum atomic E-state index is -0.575. The van der Waals surface area contributed by atoms with Gasteiger partial charge in [-0.25, -0.2) is 0 Å². The average molecular weight is 384 g/mol. The molecule has 1 unspecified atom stereocenters. The fourth-order valence-electron chi connectivity index (χ4n) is 3.37. The number of hydrogen-bond acceptors (Lipinski definition) is 4. The molecule has 0 saturated heterocycles. The molecule has 1 aliphatic rings. The predicted molar refractivity (Wildman–Crippen MR) is 109 cm³/mol. The Kier molecular flexibility index (Phi) is 5.51. The zero-order valence-electron chi connectivity index (χ0n) is 16.1. The summed E-state index contributed by atoms with van der Waals surface area (Å²) in [5.41, 5.74) is 2.07. The van der Waals surface area contributed by atoms with E-state index in [1.165, 1.54) is 16.9 Å². The lowest BCUT2D eigenvalue weighted by Crippen LogP contribution is -2.30. The Labute approximate surface area is 164 Å². The Morgan fingerprint density at radius 3 is 2.33 bits per heavy atom. The van der Waals surface area contributed by atoms with Gasteiger partial charge in [0.2, 0.25) is 0 Å². The number of rotatable bonds is 6. The third-order valence-corrected chi connectivity index (χ3v) is 5.68. The van der Waals surface area contributed by atoms with Crippen LogP contribution in [0.4, 0.5) is 5.69 Å². The number of anilines is 1. The van der Waals surface area contributed by atoms with Crippen LogP contribution in [-0.2, 0) is 9.59 Å². The van der Waals surface area contributed by atoms with Gasteiger partial charge in [-0.05, 0) is 41.0 Å². The molecule has 2 heterocycles. The van der Waals surface area contributed by atoms with Gasteiger partial charge in [0, 0.05) is 17.0 Å². The van der Waals surface area contributed by atoms with Gasteiger partial charge >= 0.3 is 0 Å². The molecule has 0 bridgehead atoms. The number of nitrogens with zero attached hydrogens (tertiary/aromatic N) is 1. The van der Waals surface area contributed by atoms with E-state index in [1.54, 1.807) is 4.90 Å². The number of benzene rings is 1. The Bertz CT molecular complexity index is 863. The maximum absolute atomic E-state index is 12.9. The van der Waals surface area contributed by atoms with Crippen molar-refractivity contribution in [1.29, 1.82) is 0 Å². The molecule has 4 nitrogen and oxygen atoms in total. The minimum absolute atomic E-state index is 0.149. The number of thiophene rings is 1. The highest BCUT2D eigenvalue weighted by Crippen LogP contribution is 2.43. The molecule has 0 spiro atoms. The smallest absolute Gasteiger partial charge is 0.294 e. The first-order chi connectivity index (χ1) is 12.8. The van der Waals surface area contributed by atoms with E-state index in [0.717, 1.165) is 4.88 Å². The first-order valence-corrected chi connectivity index (χ1v) is 10.1. The standard InChI is InChI=1S/C22H25NO3S/c1-13(2)12-17(24)19-20(18-6-5-11-27-18)23(22(26)21(19)25)16-9-7-15(8-10-16)14(3)4/h5-11,13-14,20,25H,12H2,1-4H3. The van der Waals surface area contributed by atoms with Crippen LogP contribution in [0.15, 0.2) is 53.1 Å². The highest BCUT2D eigenvalue weighted by atomic mass is 32.1. The van der Waals surface area contributed by atoms with Crippen molar-refractivity contribution in [3.8, 4) is 0 Å². The van der Waals surface area contributed by atoms with E-state index in [9.17, 15) is 14.7 Å². The molecule has 0 saturated carbocycles. The van der Waals surface area contributed by atoms with Crippen LogP contribution in [0.25, 0.3) is 0 Å². The first kappa shape index (κ1) is 19.4. The van der Waals surface area contributed by atoms with Gasteiger partial charge in [-0.15, -0.1) is 11.3 Å². The highest BCUT2D eigenvalue weighted by molar-refractivity contribution is 7.10. The molecule has 3 rings (SSSR count). The van der Waals surface area contributed by atoms with Crippen molar-refractivity contribution in [1.82, 2.24) is 0 Å². The maximum atomic E-state index is 12.9. The van der Waals surface area contributed by atoms with Crippen molar-refractivity contribution in [2.24, 2.45) is 5.92 Å². The highest BCUT2D eigenvalue weighted by Gasteiger charge is 2.44. The Morgan fingerprint density at radius 1 is 1.15 bits per heavy atom. The van der Waals surface area contributed by atoms with E-state index in [1.807, 2.05) is 55.6 Å². The predicted octanol–water partition coefficient (Wildman–Crippen LogP) is 5.39. The molecule has 0 fully saturated rings. The fourth-order valence-corrected chi connectivity index (χ4v) is 4.20. The number of ketones is 1. The summed E-state index contributed by atoms with van der Waals surface area (Å²) in [5.74, 6) is -0.576. The lowest BCUT2D eigenvalue weighted by atomic mass is 9.95. The molecule has 1 atom stereocenters. The lowest BCUT2D eigenvalue weighted by Gasteiger charge is -2.26. The molecule has 1 amide bonds. The van der Waals surface area contributed by atoms with Crippen LogP contribution in [0.3, 0.4) is 0 Å². The normalized spacial score (nSPS) is 17.5. The van der Waals surface area contributed by atoms with Crippen molar-refractivity contribution in [3.05, 3.63) is 63.6 Å². The number of aliphatic hydroxyl groups excluding tert-OH is 1. The van der Waals surface area contributed by atoms with Gasteiger partial charge in [0.25, 0.3) is 5.91 Å². The summed E-state index contributed by atoms with van der Waals surface area (Å²) in [6, 6.07) is 11.0. The van der Waals surface area contributed by atoms with E-state index in [2.05, 4.69) is 13.8 Å². The molecular formula is C22H25NO3S. The molecule has 0 radical (unpaired) electrons. The Hall–Kier alpha value is -2.40. The van der Waals surface area contributed by atoms with Gasteiger partial charge in [-0.3, -0.25) is 14.5 Å². The zero-order chi connectivity index (χ0) is 19.7. The Balaban J connectivity index is 2.06. The third kappa shape index (κ3) is 3.69. The molecule has 2 aromatic rings. The maximum Gasteiger partial charge on any atom is 0.294 e. The third-order valence-electron chi connectivity index (χ3n) is 4.75. The van der Waals surface area contributed by atoms with E-state index < -0.39 is 17.7 Å². The van der Waals surface area contributed by atoms with Crippen LogP contribution in [0.1, 0.15) is 56.5 Å². The second kappa shape index (κ2) is 7.69. The van der Waals surface area contributed by atoms with E-state index >= 15 is 0 Å². The largest absolute Gasteiger partial charge is 0.503 e. The van der Waals surface area contributed by atoms with Crippen molar-refractivity contribution >= 4 is 28.7 Å². The number of carbonyl (C=O) groups is 2. The SMILES string of the molecule is CC(C)CC(=O)C1=C(O)C(=O)N(c2ccc(C(C)C)cc2)C1c1cccs1. The Morgan fingerprint density at radius 2 is 1.81 bits per heavy atom. The number of hydrogen-bond donors (Lipinski definition) is 1. The van der Waals surface area contributed by atoms with Gasteiger partial charge in [-0.1, -0.05) is 45.9 Å². The van der Waals surface area contributed by atoms with Crippen LogP contribution in [-0.4, -0.2) is 16.8 Å². The van der Waals surface area contributed by atoms with Crippen LogP contribution in [0.5, 0.6) is 0 Å². The molecule has 27 heavy (non-hydrogen) atoms. The summed E-state index contributed by atoms with van der Waals surface area (Å²) in [6.45, 7) is 8.13. The van der Waals surface area contributed by atoms with Crippen LogP contribution < -0.4 is 4.90 Å². The summed E-state index contributed by atoms with van der Waals surface area (Å²) in [7, 11) is 0. The summed E-state index contributed by atoms with van der Waals surface area (Å²) >= 11 is 1.48. The zero-order valence-corrected chi connectivity index (χ0v) is 16.9. The molecule has 1 N–H and O–H groups in total. The van der Waals surface area contributed by atoms with Gasteiger partial charge in [0.1, 0.15) is 6.04 Å². The van der Waals surface area contributed by atoms with Crippen LogP contribution >= 0.6 is 11.3 Å². The minimum Gasteiger partial charge on any atom is -0.503 e.